The van der Waals surface area contributed by atoms with E-state index in [1.807, 2.05) is 44.2 Å². The summed E-state index contributed by atoms with van der Waals surface area (Å²) in [6.07, 6.45) is 5.99. The van der Waals surface area contributed by atoms with E-state index in [9.17, 15) is 18.0 Å². The Hall–Kier alpha value is -3.56. The second-order valence-electron chi connectivity index (χ2n) is 11.2. The maximum atomic E-state index is 14.3. The first-order valence-corrected chi connectivity index (χ1v) is 17.0. The number of methoxy groups -OCH3 is 1. The molecular weight excluding hydrogens is 598 g/mol. The first kappa shape index (κ1) is 33.3. The van der Waals surface area contributed by atoms with Gasteiger partial charge < -0.3 is 15.0 Å². The molecular formula is C34H42ClN3O5S. The molecule has 0 spiro atoms. The summed E-state index contributed by atoms with van der Waals surface area (Å²) in [7, 11) is -2.81. The molecule has 44 heavy (non-hydrogen) atoms. The lowest BCUT2D eigenvalue weighted by atomic mass is 9.95. The normalized spacial score (nSPS) is 14.5. The molecule has 0 aromatic heterocycles. The molecule has 8 nitrogen and oxygen atoms in total. The van der Waals surface area contributed by atoms with Crippen LogP contribution in [0.4, 0.5) is 5.69 Å². The topological polar surface area (TPSA) is 96.0 Å². The minimum absolute atomic E-state index is 0.0239. The standard InChI is InChI=1S/C34H42ClN3O5S/c1-4-30(34(40)36-28-13-9-6-10-14-28)37(22-21-26-11-7-5-8-12-26)33(39)24-38(31-23-27(35)17-20-32(31)43-3)44(41,42)29-18-15-25(2)16-19-29/h5,7-8,11-12,15-20,23,28,30H,4,6,9-10,13-14,21-22,24H2,1-3H3,(H,36,40)/t30-/m1/s1. The number of anilines is 1. The molecule has 10 heteroatoms. The van der Waals surface area contributed by atoms with Crippen molar-refractivity contribution in [2.24, 2.45) is 0 Å². The molecule has 2 amide bonds. The number of amides is 2. The predicted octanol–water partition coefficient (Wildman–Crippen LogP) is 6.15. The molecule has 0 bridgehead atoms. The van der Waals surface area contributed by atoms with E-state index in [0.29, 0.717) is 12.8 Å². The summed E-state index contributed by atoms with van der Waals surface area (Å²) < 4.78 is 34.9. The van der Waals surface area contributed by atoms with E-state index in [4.69, 9.17) is 16.3 Å². The molecule has 236 valence electrons. The van der Waals surface area contributed by atoms with Crippen molar-refractivity contribution < 1.29 is 22.7 Å². The largest absolute Gasteiger partial charge is 0.495 e. The van der Waals surface area contributed by atoms with Gasteiger partial charge in [-0.15, -0.1) is 0 Å². The fraction of sp³-hybridized carbons (Fsp3) is 0.412. The number of halogens is 1. The van der Waals surface area contributed by atoms with E-state index in [1.165, 1.54) is 30.2 Å². The van der Waals surface area contributed by atoms with Gasteiger partial charge in [0.1, 0.15) is 18.3 Å². The Morgan fingerprint density at radius 3 is 2.32 bits per heavy atom. The van der Waals surface area contributed by atoms with E-state index in [1.54, 1.807) is 24.3 Å². The predicted molar refractivity (Wildman–Crippen MR) is 175 cm³/mol. The number of sulfonamides is 1. The molecule has 0 unspecified atom stereocenters. The van der Waals surface area contributed by atoms with Crippen LogP contribution in [-0.2, 0) is 26.0 Å². The summed E-state index contributed by atoms with van der Waals surface area (Å²) in [5.41, 5.74) is 2.04. The third kappa shape index (κ3) is 8.33. The molecule has 1 saturated carbocycles. The van der Waals surface area contributed by atoms with Crippen LogP contribution in [0.2, 0.25) is 5.02 Å². The van der Waals surface area contributed by atoms with Crippen LogP contribution in [0.15, 0.2) is 77.7 Å². The van der Waals surface area contributed by atoms with Gasteiger partial charge in [0, 0.05) is 17.6 Å². The Morgan fingerprint density at radius 1 is 1.00 bits per heavy atom. The van der Waals surface area contributed by atoms with Gasteiger partial charge in [-0.2, -0.15) is 0 Å². The Bertz CT molecular complexity index is 1510. The fourth-order valence-corrected chi connectivity index (χ4v) is 7.23. The number of benzene rings is 3. The number of carbonyl (C=O) groups excluding carboxylic acids is 2. The quantitative estimate of drug-likeness (QED) is 0.242. The molecule has 1 N–H and O–H groups in total. The smallest absolute Gasteiger partial charge is 0.264 e. The van der Waals surface area contributed by atoms with Crippen molar-refractivity contribution in [2.45, 2.75) is 75.8 Å². The van der Waals surface area contributed by atoms with E-state index < -0.39 is 28.5 Å². The summed E-state index contributed by atoms with van der Waals surface area (Å²) in [6, 6.07) is 20.1. The van der Waals surface area contributed by atoms with E-state index in [2.05, 4.69) is 5.32 Å². The highest BCUT2D eigenvalue weighted by molar-refractivity contribution is 7.92. The summed E-state index contributed by atoms with van der Waals surface area (Å²) in [6.45, 7) is 3.43. The number of rotatable bonds is 13. The molecule has 0 saturated heterocycles. The SMILES string of the molecule is CC[C@H](C(=O)NC1CCCCC1)N(CCc1ccccc1)C(=O)CN(c1cc(Cl)ccc1OC)S(=O)(=O)c1ccc(C)cc1. The summed E-state index contributed by atoms with van der Waals surface area (Å²) in [5.74, 6) is -0.464. The summed E-state index contributed by atoms with van der Waals surface area (Å²) in [4.78, 5) is 29.6. The Kier molecular flexibility index (Phi) is 11.7. The fourth-order valence-electron chi connectivity index (χ4n) is 5.65. The second kappa shape index (κ2) is 15.4. The zero-order valence-corrected chi connectivity index (χ0v) is 27.2. The number of nitrogens with one attached hydrogen (secondary N) is 1. The minimum atomic E-state index is -4.24. The Morgan fingerprint density at radius 2 is 1.68 bits per heavy atom. The number of aryl methyl sites for hydroxylation is 1. The second-order valence-corrected chi connectivity index (χ2v) is 13.5. The zero-order chi connectivity index (χ0) is 31.7. The average molecular weight is 640 g/mol. The van der Waals surface area contributed by atoms with E-state index in [0.717, 1.165) is 47.5 Å². The number of ether oxygens (including phenoxy) is 1. The number of nitrogens with zero attached hydrogens (tertiary/aromatic N) is 2. The van der Waals surface area contributed by atoms with Crippen LogP contribution >= 0.6 is 11.6 Å². The molecule has 0 radical (unpaired) electrons. The van der Waals surface area contributed by atoms with Gasteiger partial charge >= 0.3 is 0 Å². The number of carbonyl (C=O) groups is 2. The van der Waals surface area contributed by atoms with Crippen LogP contribution in [0.25, 0.3) is 0 Å². The summed E-state index contributed by atoms with van der Waals surface area (Å²) >= 11 is 6.33. The van der Waals surface area contributed by atoms with Crippen LogP contribution in [0.3, 0.4) is 0 Å². The minimum Gasteiger partial charge on any atom is -0.495 e. The van der Waals surface area contributed by atoms with Crippen LogP contribution in [0.5, 0.6) is 5.75 Å². The Labute approximate surface area is 266 Å². The van der Waals surface area contributed by atoms with Crippen LogP contribution in [-0.4, -0.2) is 57.4 Å². The molecule has 0 aliphatic heterocycles. The highest BCUT2D eigenvalue weighted by Crippen LogP contribution is 2.35. The van der Waals surface area contributed by atoms with Crippen molar-refractivity contribution in [3.63, 3.8) is 0 Å². The molecule has 1 fully saturated rings. The average Bonchev–Trinajstić information content (AvgIpc) is 3.02. The maximum Gasteiger partial charge on any atom is 0.264 e. The lowest BCUT2D eigenvalue weighted by Crippen LogP contribution is -2.54. The molecule has 4 rings (SSSR count). The van der Waals surface area contributed by atoms with Crippen molar-refractivity contribution in [1.29, 1.82) is 0 Å². The zero-order valence-electron chi connectivity index (χ0n) is 25.7. The molecule has 3 aromatic rings. The van der Waals surface area contributed by atoms with Gasteiger partial charge in [0.25, 0.3) is 10.0 Å². The lowest BCUT2D eigenvalue weighted by Gasteiger charge is -2.34. The van der Waals surface area contributed by atoms with E-state index in [-0.39, 0.29) is 39.8 Å². The monoisotopic (exact) mass is 639 g/mol. The maximum absolute atomic E-state index is 14.3. The van der Waals surface area contributed by atoms with Crippen molar-refractivity contribution in [3.8, 4) is 5.75 Å². The van der Waals surface area contributed by atoms with Crippen LogP contribution in [0.1, 0.15) is 56.6 Å². The van der Waals surface area contributed by atoms with Crippen molar-refractivity contribution in [2.75, 3.05) is 24.5 Å². The first-order valence-electron chi connectivity index (χ1n) is 15.2. The molecule has 0 heterocycles. The van der Waals surface area contributed by atoms with Gasteiger partial charge in [0.05, 0.1) is 17.7 Å². The third-order valence-electron chi connectivity index (χ3n) is 8.12. The molecule has 1 aliphatic rings. The van der Waals surface area contributed by atoms with Crippen LogP contribution in [0, 0.1) is 6.92 Å². The van der Waals surface area contributed by atoms with Crippen molar-refractivity contribution >= 4 is 39.1 Å². The van der Waals surface area contributed by atoms with Gasteiger partial charge in [-0.05, 0) is 68.5 Å². The molecule has 3 aromatic carbocycles. The third-order valence-corrected chi connectivity index (χ3v) is 10.1. The Balaban J connectivity index is 1.72. The van der Waals surface area contributed by atoms with Crippen LogP contribution < -0.4 is 14.4 Å². The number of hydrogen-bond acceptors (Lipinski definition) is 5. The molecule has 1 aliphatic carbocycles. The van der Waals surface area contributed by atoms with E-state index >= 15 is 0 Å². The first-order chi connectivity index (χ1) is 21.1. The van der Waals surface area contributed by atoms with Crippen molar-refractivity contribution in [3.05, 3.63) is 88.9 Å². The van der Waals surface area contributed by atoms with Gasteiger partial charge in [-0.3, -0.25) is 13.9 Å². The van der Waals surface area contributed by atoms with Gasteiger partial charge in [0.2, 0.25) is 11.8 Å². The van der Waals surface area contributed by atoms with Gasteiger partial charge in [0.15, 0.2) is 0 Å². The summed E-state index contributed by atoms with van der Waals surface area (Å²) in [5, 5.41) is 3.46. The molecule has 1 atom stereocenters. The highest BCUT2D eigenvalue weighted by atomic mass is 35.5. The van der Waals surface area contributed by atoms with Crippen molar-refractivity contribution in [1.82, 2.24) is 10.2 Å². The van der Waals surface area contributed by atoms with Gasteiger partial charge in [-0.1, -0.05) is 85.8 Å². The number of hydrogen-bond donors (Lipinski definition) is 1. The van der Waals surface area contributed by atoms with Gasteiger partial charge in [-0.25, -0.2) is 8.42 Å². The lowest BCUT2D eigenvalue weighted by molar-refractivity contribution is -0.140. The highest BCUT2D eigenvalue weighted by Gasteiger charge is 2.35.